The van der Waals surface area contributed by atoms with Crippen molar-refractivity contribution in [1.29, 1.82) is 0 Å². The minimum Gasteiger partial charge on any atom is -0.496 e. The number of nitrogens with one attached hydrogen (secondary N) is 1. The Labute approximate surface area is 269 Å². The number of amides is 1. The van der Waals surface area contributed by atoms with Gasteiger partial charge in [0.15, 0.2) is 4.80 Å². The third-order valence-corrected chi connectivity index (χ3v) is 9.92. The highest BCUT2D eigenvalue weighted by Gasteiger charge is 2.33. The first kappa shape index (κ1) is 30.3. The van der Waals surface area contributed by atoms with Crippen molar-refractivity contribution >= 4 is 40.3 Å². The molecule has 228 valence electrons. The highest BCUT2D eigenvalue weighted by atomic mass is 32.1. The summed E-state index contributed by atoms with van der Waals surface area (Å²) in [6.07, 6.45) is 1.86. The van der Waals surface area contributed by atoms with E-state index in [0.29, 0.717) is 33.0 Å². The van der Waals surface area contributed by atoms with Crippen LogP contribution in [0, 0.1) is 20.8 Å². The van der Waals surface area contributed by atoms with E-state index in [-0.39, 0.29) is 11.5 Å². The molecule has 3 aromatic carbocycles. The molecule has 0 radical (unpaired) electrons. The fourth-order valence-electron chi connectivity index (χ4n) is 5.42. The van der Waals surface area contributed by atoms with Crippen LogP contribution in [0.15, 0.2) is 99.2 Å². The number of fused-ring (bicyclic) bond motifs is 1. The summed E-state index contributed by atoms with van der Waals surface area (Å²) in [6, 6.07) is 22.7. The van der Waals surface area contributed by atoms with Gasteiger partial charge in [0.05, 0.1) is 22.9 Å². The molecule has 1 aliphatic heterocycles. The van der Waals surface area contributed by atoms with Gasteiger partial charge in [-0.1, -0.05) is 53.8 Å². The summed E-state index contributed by atoms with van der Waals surface area (Å²) in [7, 11) is 1.63. The second kappa shape index (κ2) is 12.7. The van der Waals surface area contributed by atoms with Gasteiger partial charge in [0.2, 0.25) is 0 Å². The van der Waals surface area contributed by atoms with Gasteiger partial charge in [0.25, 0.3) is 11.5 Å². The van der Waals surface area contributed by atoms with Crippen LogP contribution in [-0.4, -0.2) is 17.6 Å². The lowest BCUT2D eigenvalue weighted by atomic mass is 10.0. The number of benzene rings is 3. The van der Waals surface area contributed by atoms with E-state index >= 15 is 0 Å². The molecule has 2 aromatic heterocycles. The molecule has 0 aliphatic carbocycles. The Morgan fingerprint density at radius 2 is 1.78 bits per heavy atom. The summed E-state index contributed by atoms with van der Waals surface area (Å²) in [5.74, 6) is 1.25. The lowest BCUT2D eigenvalue weighted by molar-refractivity contribution is -0.113. The van der Waals surface area contributed by atoms with E-state index in [1.54, 1.807) is 11.7 Å². The highest BCUT2D eigenvalue weighted by molar-refractivity contribution is 7.10. The summed E-state index contributed by atoms with van der Waals surface area (Å²) in [6.45, 7) is 8.19. The quantitative estimate of drug-likeness (QED) is 0.213. The van der Waals surface area contributed by atoms with E-state index in [1.807, 2.05) is 99.0 Å². The normalized spacial score (nSPS) is 14.6. The molecule has 0 saturated heterocycles. The van der Waals surface area contributed by atoms with E-state index in [0.717, 1.165) is 44.1 Å². The number of thiophene rings is 1. The minimum atomic E-state index is -0.593. The number of aromatic nitrogens is 1. The van der Waals surface area contributed by atoms with Crippen LogP contribution in [0.5, 0.6) is 11.5 Å². The zero-order chi connectivity index (χ0) is 31.7. The predicted octanol–water partition coefficient (Wildman–Crippen LogP) is 6.45. The second-order valence-corrected chi connectivity index (χ2v) is 12.9. The molecule has 1 amide bonds. The van der Waals surface area contributed by atoms with E-state index in [9.17, 15) is 9.59 Å². The number of methoxy groups -OCH3 is 1. The van der Waals surface area contributed by atoms with Crippen molar-refractivity contribution in [2.24, 2.45) is 4.99 Å². The molecule has 0 spiro atoms. The van der Waals surface area contributed by atoms with Crippen molar-refractivity contribution in [3.63, 3.8) is 0 Å². The number of para-hydroxylation sites is 1. The topological polar surface area (TPSA) is 81.9 Å². The first-order chi connectivity index (χ1) is 21.7. The molecule has 0 saturated carbocycles. The number of ether oxygens (including phenoxy) is 2. The average Bonchev–Trinajstić information content (AvgIpc) is 3.67. The molecule has 7 nitrogen and oxygen atoms in total. The van der Waals surface area contributed by atoms with E-state index < -0.39 is 6.04 Å². The van der Waals surface area contributed by atoms with Gasteiger partial charge in [-0.25, -0.2) is 4.99 Å². The van der Waals surface area contributed by atoms with Crippen LogP contribution >= 0.6 is 22.7 Å². The lowest BCUT2D eigenvalue weighted by Gasteiger charge is -2.24. The number of hydrogen-bond donors (Lipinski definition) is 1. The summed E-state index contributed by atoms with van der Waals surface area (Å²) >= 11 is 2.83. The predicted molar refractivity (Wildman–Crippen MR) is 181 cm³/mol. The van der Waals surface area contributed by atoms with Crippen molar-refractivity contribution in [3.05, 3.63) is 142 Å². The molecule has 45 heavy (non-hydrogen) atoms. The van der Waals surface area contributed by atoms with Crippen molar-refractivity contribution in [2.75, 3.05) is 12.4 Å². The number of carbonyl (C=O) groups is 1. The van der Waals surface area contributed by atoms with Gasteiger partial charge in [-0.2, -0.15) is 0 Å². The molecule has 1 aliphatic rings. The summed E-state index contributed by atoms with van der Waals surface area (Å²) in [5, 5.41) is 5.01. The lowest BCUT2D eigenvalue weighted by Crippen LogP contribution is -2.40. The number of thiazole rings is 1. The van der Waals surface area contributed by atoms with Crippen molar-refractivity contribution < 1.29 is 14.3 Å². The number of aryl methyl sites for hydroxylation is 2. The maximum absolute atomic E-state index is 14.1. The van der Waals surface area contributed by atoms with Crippen molar-refractivity contribution in [3.8, 4) is 11.5 Å². The highest BCUT2D eigenvalue weighted by Crippen LogP contribution is 2.33. The number of anilines is 1. The summed E-state index contributed by atoms with van der Waals surface area (Å²) < 4.78 is 14.0. The molecular weight excluding hydrogens is 603 g/mol. The van der Waals surface area contributed by atoms with Crippen LogP contribution < -0.4 is 29.7 Å². The number of nitrogens with zero attached hydrogens (tertiary/aromatic N) is 2. The van der Waals surface area contributed by atoms with Crippen LogP contribution in [0.3, 0.4) is 0 Å². The second-order valence-electron chi connectivity index (χ2n) is 10.9. The van der Waals surface area contributed by atoms with Gasteiger partial charge in [-0.15, -0.1) is 11.3 Å². The van der Waals surface area contributed by atoms with Crippen molar-refractivity contribution in [1.82, 2.24) is 4.57 Å². The molecule has 1 N–H and O–H groups in total. The Morgan fingerprint density at radius 3 is 2.53 bits per heavy atom. The fraction of sp³-hybridized carbons (Fsp3) is 0.194. The monoisotopic (exact) mass is 635 g/mol. The van der Waals surface area contributed by atoms with Gasteiger partial charge in [0.1, 0.15) is 24.1 Å². The van der Waals surface area contributed by atoms with E-state index in [2.05, 4.69) is 18.3 Å². The molecule has 0 unspecified atom stereocenters. The standard InChI is InChI=1S/C36H33N3O4S2/c1-21-11-8-13-28(23(21)3)43-20-26-18-25(15-16-29(26)42-5)19-31-35(41)39-33(30-14-9-17-44-30)32(24(4)37-36(39)45-31)34(40)38-27-12-7-6-10-22(27)2/h6-19,33H,20H2,1-5H3,(H,38,40)/b31-19+/t33-/m0/s1. The Hall–Kier alpha value is -4.73. The van der Waals surface area contributed by atoms with Crippen LogP contribution in [0.1, 0.15) is 45.7 Å². The van der Waals surface area contributed by atoms with Gasteiger partial charge < -0.3 is 14.8 Å². The Balaban J connectivity index is 1.38. The molecule has 9 heteroatoms. The third kappa shape index (κ3) is 6.01. The van der Waals surface area contributed by atoms with Crippen LogP contribution in [-0.2, 0) is 11.4 Å². The molecule has 1 atom stereocenters. The van der Waals surface area contributed by atoms with Gasteiger partial charge >= 0.3 is 0 Å². The molecule has 0 bridgehead atoms. The van der Waals surface area contributed by atoms with E-state index in [1.165, 1.54) is 22.7 Å². The molecule has 0 fully saturated rings. The van der Waals surface area contributed by atoms with Gasteiger partial charge in [0, 0.05) is 16.1 Å². The smallest absolute Gasteiger partial charge is 0.271 e. The summed E-state index contributed by atoms with van der Waals surface area (Å²) in [5.41, 5.74) is 6.47. The van der Waals surface area contributed by atoms with E-state index in [4.69, 9.17) is 14.5 Å². The largest absolute Gasteiger partial charge is 0.496 e. The molecule has 5 aromatic rings. The molecular formula is C36H33N3O4S2. The summed E-state index contributed by atoms with van der Waals surface area (Å²) in [4.78, 5) is 34.1. The third-order valence-electron chi connectivity index (χ3n) is 8.01. The first-order valence-electron chi connectivity index (χ1n) is 14.5. The molecule has 3 heterocycles. The SMILES string of the molecule is COc1ccc(/C=c2/sc3n(c2=O)[C@@H](c2cccs2)C(C(=O)Nc2ccccc2C)=C(C)N=3)cc1COc1cccc(C)c1C. The maximum Gasteiger partial charge on any atom is 0.271 e. The van der Waals surface area contributed by atoms with Crippen LogP contribution in [0.2, 0.25) is 0 Å². The van der Waals surface area contributed by atoms with Gasteiger partial charge in [-0.05, 0) is 91.7 Å². The number of rotatable bonds is 8. The zero-order valence-corrected chi connectivity index (χ0v) is 27.3. The fourth-order valence-corrected chi connectivity index (χ4v) is 7.29. The number of carbonyl (C=O) groups excluding carboxylic acids is 1. The number of allylic oxidation sites excluding steroid dienone is 1. The van der Waals surface area contributed by atoms with Crippen LogP contribution in [0.4, 0.5) is 5.69 Å². The Morgan fingerprint density at radius 1 is 0.978 bits per heavy atom. The first-order valence-corrected chi connectivity index (χ1v) is 16.2. The van der Waals surface area contributed by atoms with Crippen molar-refractivity contribution in [2.45, 2.75) is 40.3 Å². The number of hydrogen-bond acceptors (Lipinski definition) is 7. The molecule has 6 rings (SSSR count). The van der Waals surface area contributed by atoms with Crippen LogP contribution in [0.25, 0.3) is 6.08 Å². The minimum absolute atomic E-state index is 0.199. The maximum atomic E-state index is 14.1. The average molecular weight is 636 g/mol. The zero-order valence-electron chi connectivity index (χ0n) is 25.7. The Bertz CT molecular complexity index is 2120. The Kier molecular flexibility index (Phi) is 8.56. The van der Waals surface area contributed by atoms with Gasteiger partial charge in [-0.3, -0.25) is 14.2 Å².